The molecule has 3 rings (SSSR count). The quantitative estimate of drug-likeness (QED) is 0.457. The van der Waals surface area contributed by atoms with E-state index in [4.69, 9.17) is 10.2 Å². The summed E-state index contributed by atoms with van der Waals surface area (Å²) in [7, 11) is 4.28. The SMILES string of the molecule is CN(C)CCC(Cc1ccccc1)c1cccc(Br)c1.O=C(O)c1ccccc1O. The van der Waals surface area contributed by atoms with Gasteiger partial charge in [-0.2, -0.15) is 0 Å². The van der Waals surface area contributed by atoms with Gasteiger partial charge in [-0.1, -0.05) is 70.5 Å². The number of phenols is 1. The molecule has 158 valence electrons. The molecule has 0 radical (unpaired) electrons. The minimum Gasteiger partial charge on any atom is -0.507 e. The van der Waals surface area contributed by atoms with Gasteiger partial charge in [0.2, 0.25) is 0 Å². The third-order valence-corrected chi connectivity index (χ3v) is 5.20. The molecule has 0 heterocycles. The number of rotatable bonds is 7. The molecular formula is C25H28BrNO3. The summed E-state index contributed by atoms with van der Waals surface area (Å²) in [5.74, 6) is -0.745. The molecule has 0 aliphatic rings. The zero-order valence-corrected chi connectivity index (χ0v) is 18.9. The molecule has 0 bridgehead atoms. The Kier molecular flexibility index (Phi) is 9.58. The highest BCUT2D eigenvalue weighted by Crippen LogP contribution is 2.26. The standard InChI is InChI=1S/C18H22BrN.C7H6O3/c1-20(2)12-11-17(13-15-7-4-3-5-8-15)16-9-6-10-18(19)14-16;8-6-4-2-1-3-5(6)7(9)10/h3-10,14,17H,11-13H2,1-2H3;1-4,8H,(H,9,10). The fourth-order valence-electron chi connectivity index (χ4n) is 3.11. The molecule has 0 spiro atoms. The maximum absolute atomic E-state index is 10.3. The molecule has 5 heteroatoms. The monoisotopic (exact) mass is 469 g/mol. The van der Waals surface area contributed by atoms with Crippen molar-refractivity contribution in [2.45, 2.75) is 18.8 Å². The molecule has 1 atom stereocenters. The van der Waals surface area contributed by atoms with Crippen LogP contribution in [0.4, 0.5) is 0 Å². The second-order valence-electron chi connectivity index (χ2n) is 7.36. The first-order valence-electron chi connectivity index (χ1n) is 9.82. The van der Waals surface area contributed by atoms with Crippen molar-refractivity contribution < 1.29 is 15.0 Å². The number of hydrogen-bond donors (Lipinski definition) is 2. The number of carboxylic acids is 1. The van der Waals surface area contributed by atoms with E-state index in [1.807, 2.05) is 0 Å². The number of aromatic hydroxyl groups is 1. The van der Waals surface area contributed by atoms with Crippen LogP contribution in [0.3, 0.4) is 0 Å². The molecule has 3 aromatic rings. The summed E-state index contributed by atoms with van der Waals surface area (Å²) < 4.78 is 1.16. The normalized spacial score (nSPS) is 11.5. The maximum Gasteiger partial charge on any atom is 0.339 e. The average molecular weight is 470 g/mol. The second-order valence-corrected chi connectivity index (χ2v) is 8.27. The van der Waals surface area contributed by atoms with Gasteiger partial charge in [-0.15, -0.1) is 0 Å². The molecular weight excluding hydrogens is 442 g/mol. The number of halogens is 1. The van der Waals surface area contributed by atoms with Gasteiger partial charge >= 0.3 is 5.97 Å². The van der Waals surface area contributed by atoms with Gasteiger partial charge in [-0.3, -0.25) is 0 Å². The van der Waals surface area contributed by atoms with Crippen LogP contribution in [0.5, 0.6) is 5.75 Å². The van der Waals surface area contributed by atoms with Gasteiger partial charge in [0.15, 0.2) is 0 Å². The van der Waals surface area contributed by atoms with Crippen molar-refractivity contribution in [3.05, 3.63) is 100 Å². The smallest absolute Gasteiger partial charge is 0.339 e. The molecule has 0 saturated carbocycles. The van der Waals surface area contributed by atoms with Crippen molar-refractivity contribution in [2.24, 2.45) is 0 Å². The number of aromatic carboxylic acids is 1. The van der Waals surface area contributed by atoms with E-state index in [0.29, 0.717) is 5.92 Å². The van der Waals surface area contributed by atoms with Crippen molar-refractivity contribution >= 4 is 21.9 Å². The van der Waals surface area contributed by atoms with E-state index >= 15 is 0 Å². The lowest BCUT2D eigenvalue weighted by Crippen LogP contribution is -2.17. The van der Waals surface area contributed by atoms with E-state index in [1.54, 1.807) is 12.1 Å². The van der Waals surface area contributed by atoms with Crippen molar-refractivity contribution in [2.75, 3.05) is 20.6 Å². The predicted octanol–water partition coefficient (Wildman–Crippen LogP) is 5.82. The topological polar surface area (TPSA) is 60.8 Å². The van der Waals surface area contributed by atoms with Crippen molar-refractivity contribution in [3.8, 4) is 5.75 Å². The summed E-state index contributed by atoms with van der Waals surface area (Å²) >= 11 is 3.59. The van der Waals surface area contributed by atoms with Crippen LogP contribution in [-0.4, -0.2) is 41.7 Å². The zero-order chi connectivity index (χ0) is 21.9. The van der Waals surface area contributed by atoms with Crippen LogP contribution >= 0.6 is 15.9 Å². The van der Waals surface area contributed by atoms with Crippen LogP contribution in [-0.2, 0) is 6.42 Å². The summed E-state index contributed by atoms with van der Waals surface area (Å²) in [4.78, 5) is 12.5. The lowest BCUT2D eigenvalue weighted by atomic mass is 9.89. The van der Waals surface area contributed by atoms with Gasteiger partial charge < -0.3 is 15.1 Å². The van der Waals surface area contributed by atoms with Crippen molar-refractivity contribution in [1.29, 1.82) is 0 Å². The average Bonchev–Trinajstić information content (AvgIpc) is 2.72. The van der Waals surface area contributed by atoms with Gasteiger partial charge in [0.1, 0.15) is 11.3 Å². The fraction of sp³-hybridized carbons (Fsp3) is 0.240. The Morgan fingerprint density at radius 3 is 2.20 bits per heavy atom. The van der Waals surface area contributed by atoms with E-state index in [1.165, 1.54) is 29.7 Å². The summed E-state index contributed by atoms with van der Waals surface area (Å²) in [6.45, 7) is 1.12. The van der Waals surface area contributed by atoms with E-state index in [9.17, 15) is 4.79 Å². The zero-order valence-electron chi connectivity index (χ0n) is 17.3. The Labute approximate surface area is 186 Å². The van der Waals surface area contributed by atoms with Crippen LogP contribution in [0.1, 0.15) is 33.8 Å². The van der Waals surface area contributed by atoms with Gasteiger partial charge in [0.25, 0.3) is 0 Å². The lowest BCUT2D eigenvalue weighted by Gasteiger charge is -2.20. The van der Waals surface area contributed by atoms with Crippen LogP contribution in [0.2, 0.25) is 0 Å². The van der Waals surface area contributed by atoms with Crippen molar-refractivity contribution in [3.63, 3.8) is 0 Å². The Morgan fingerprint density at radius 1 is 0.967 bits per heavy atom. The number of benzene rings is 3. The summed E-state index contributed by atoms with van der Waals surface area (Å²) in [5, 5.41) is 17.3. The van der Waals surface area contributed by atoms with Gasteiger partial charge in [-0.05, 0) is 74.8 Å². The Hall–Kier alpha value is -2.63. The minimum atomic E-state index is -1.11. The van der Waals surface area contributed by atoms with Crippen molar-refractivity contribution in [1.82, 2.24) is 4.90 Å². The van der Waals surface area contributed by atoms with E-state index in [0.717, 1.165) is 17.4 Å². The van der Waals surface area contributed by atoms with Gasteiger partial charge in [0, 0.05) is 4.47 Å². The van der Waals surface area contributed by atoms with Crippen LogP contribution < -0.4 is 0 Å². The Balaban J connectivity index is 0.000000269. The van der Waals surface area contributed by atoms with Crippen LogP contribution in [0.25, 0.3) is 0 Å². The highest BCUT2D eigenvalue weighted by Gasteiger charge is 2.13. The molecule has 0 aliphatic carbocycles. The second kappa shape index (κ2) is 12.2. The first-order chi connectivity index (χ1) is 14.4. The first-order valence-corrected chi connectivity index (χ1v) is 10.6. The minimum absolute atomic E-state index is 0.0671. The predicted molar refractivity (Wildman–Crippen MR) is 125 cm³/mol. The van der Waals surface area contributed by atoms with E-state index in [2.05, 4.69) is 89.5 Å². The highest BCUT2D eigenvalue weighted by molar-refractivity contribution is 9.10. The molecule has 30 heavy (non-hydrogen) atoms. The van der Waals surface area contributed by atoms with E-state index < -0.39 is 5.97 Å². The number of para-hydroxylation sites is 1. The summed E-state index contributed by atoms with van der Waals surface area (Å²) in [6, 6.07) is 25.3. The number of hydrogen-bond acceptors (Lipinski definition) is 3. The number of carbonyl (C=O) groups is 1. The third kappa shape index (κ3) is 8.01. The molecule has 0 aliphatic heterocycles. The molecule has 3 aromatic carbocycles. The molecule has 0 amide bonds. The van der Waals surface area contributed by atoms with Gasteiger partial charge in [-0.25, -0.2) is 4.79 Å². The van der Waals surface area contributed by atoms with Crippen LogP contribution in [0.15, 0.2) is 83.3 Å². The molecule has 0 saturated heterocycles. The van der Waals surface area contributed by atoms with Gasteiger partial charge in [0.05, 0.1) is 0 Å². The molecule has 0 aromatic heterocycles. The highest BCUT2D eigenvalue weighted by atomic mass is 79.9. The third-order valence-electron chi connectivity index (χ3n) is 4.70. The Bertz CT molecular complexity index is 928. The Morgan fingerprint density at radius 2 is 1.63 bits per heavy atom. The largest absolute Gasteiger partial charge is 0.507 e. The maximum atomic E-state index is 10.3. The molecule has 0 fully saturated rings. The molecule has 2 N–H and O–H groups in total. The summed E-state index contributed by atoms with van der Waals surface area (Å²) in [6.07, 6.45) is 2.28. The molecule has 4 nitrogen and oxygen atoms in total. The number of nitrogens with zero attached hydrogens (tertiary/aromatic N) is 1. The first kappa shape index (κ1) is 23.6. The van der Waals surface area contributed by atoms with E-state index in [-0.39, 0.29) is 11.3 Å². The summed E-state index contributed by atoms with van der Waals surface area (Å²) in [5.41, 5.74) is 2.77. The lowest BCUT2D eigenvalue weighted by molar-refractivity contribution is 0.0693. The number of carboxylic acid groups (broad SMARTS) is 1. The van der Waals surface area contributed by atoms with Crippen LogP contribution in [0, 0.1) is 0 Å². The molecule has 1 unspecified atom stereocenters. The fourth-order valence-corrected chi connectivity index (χ4v) is 3.53.